The van der Waals surface area contributed by atoms with Crippen LogP contribution >= 0.6 is 0 Å². The Morgan fingerprint density at radius 1 is 1.38 bits per heavy atom. The molecule has 2 amide bonds. The van der Waals surface area contributed by atoms with Gasteiger partial charge >= 0.3 is 6.03 Å². The van der Waals surface area contributed by atoms with Gasteiger partial charge in [-0.2, -0.15) is 0 Å². The van der Waals surface area contributed by atoms with Crippen LogP contribution in [0.25, 0.3) is 0 Å². The molecule has 21 heavy (non-hydrogen) atoms. The maximum atomic E-state index is 12.0. The Labute approximate surface area is 126 Å². The van der Waals surface area contributed by atoms with E-state index in [0.717, 1.165) is 37.2 Å². The van der Waals surface area contributed by atoms with Crippen molar-refractivity contribution in [1.29, 1.82) is 0 Å². The minimum atomic E-state index is -0.149. The molecule has 0 bridgehead atoms. The van der Waals surface area contributed by atoms with Crippen molar-refractivity contribution in [3.8, 4) is 0 Å². The minimum absolute atomic E-state index is 0.149. The van der Waals surface area contributed by atoms with Crippen LogP contribution in [0.1, 0.15) is 25.3 Å². The maximum absolute atomic E-state index is 12.0. The molecule has 0 saturated carbocycles. The SMILES string of the molecule is CN1CCC(C)(CNC(=O)Nc2cccc(CN)c2)CC1. The number of amides is 2. The molecule has 0 atom stereocenters. The lowest BCUT2D eigenvalue weighted by Gasteiger charge is -2.37. The Kier molecular flexibility index (Phi) is 5.20. The first-order valence-electron chi connectivity index (χ1n) is 7.53. The summed E-state index contributed by atoms with van der Waals surface area (Å²) in [5, 5.41) is 5.86. The van der Waals surface area contributed by atoms with Crippen LogP contribution in [0.4, 0.5) is 10.5 Å². The number of hydrogen-bond donors (Lipinski definition) is 3. The van der Waals surface area contributed by atoms with E-state index in [1.54, 1.807) is 0 Å². The second kappa shape index (κ2) is 6.91. The fraction of sp³-hybridized carbons (Fsp3) is 0.562. The van der Waals surface area contributed by atoms with Gasteiger partial charge < -0.3 is 21.3 Å². The number of hydrogen-bond acceptors (Lipinski definition) is 3. The van der Waals surface area contributed by atoms with E-state index < -0.39 is 0 Å². The van der Waals surface area contributed by atoms with E-state index in [4.69, 9.17) is 5.73 Å². The predicted octanol–water partition coefficient (Wildman–Crippen LogP) is 2.00. The van der Waals surface area contributed by atoms with Crippen LogP contribution in [0.3, 0.4) is 0 Å². The molecule has 1 aromatic carbocycles. The van der Waals surface area contributed by atoms with Gasteiger partial charge in [0.15, 0.2) is 0 Å². The first-order chi connectivity index (χ1) is 10.0. The van der Waals surface area contributed by atoms with Crippen LogP contribution < -0.4 is 16.4 Å². The van der Waals surface area contributed by atoms with Crippen LogP contribution in [0.15, 0.2) is 24.3 Å². The number of carbonyl (C=O) groups excluding carboxylic acids is 1. The smallest absolute Gasteiger partial charge is 0.319 e. The fourth-order valence-electron chi connectivity index (χ4n) is 2.58. The normalized spacial score (nSPS) is 18.2. The van der Waals surface area contributed by atoms with Crippen LogP contribution in [-0.4, -0.2) is 37.6 Å². The highest BCUT2D eigenvalue weighted by Crippen LogP contribution is 2.29. The Balaban J connectivity index is 1.81. The summed E-state index contributed by atoms with van der Waals surface area (Å²) in [5.74, 6) is 0. The molecule has 1 aliphatic heterocycles. The molecule has 1 saturated heterocycles. The van der Waals surface area contributed by atoms with Crippen molar-refractivity contribution in [2.75, 3.05) is 32.0 Å². The number of nitrogens with zero attached hydrogens (tertiary/aromatic N) is 1. The third kappa shape index (κ3) is 4.72. The summed E-state index contributed by atoms with van der Waals surface area (Å²) < 4.78 is 0. The van der Waals surface area contributed by atoms with Crippen molar-refractivity contribution in [2.45, 2.75) is 26.3 Å². The van der Waals surface area contributed by atoms with Gasteiger partial charge in [-0.1, -0.05) is 19.1 Å². The van der Waals surface area contributed by atoms with Crippen molar-refractivity contribution >= 4 is 11.7 Å². The standard InChI is InChI=1S/C16H26N4O/c1-16(6-8-20(2)9-7-16)12-18-15(21)19-14-5-3-4-13(10-14)11-17/h3-5,10H,6-9,11-12,17H2,1-2H3,(H2,18,19,21). The first kappa shape index (κ1) is 15.8. The Morgan fingerprint density at radius 2 is 2.10 bits per heavy atom. The summed E-state index contributed by atoms with van der Waals surface area (Å²) in [6, 6.07) is 7.47. The van der Waals surface area contributed by atoms with Crippen molar-refractivity contribution in [3.63, 3.8) is 0 Å². The van der Waals surface area contributed by atoms with Gasteiger partial charge in [0.25, 0.3) is 0 Å². The van der Waals surface area contributed by atoms with Gasteiger partial charge in [-0.15, -0.1) is 0 Å². The van der Waals surface area contributed by atoms with Gasteiger partial charge in [-0.3, -0.25) is 0 Å². The zero-order valence-electron chi connectivity index (χ0n) is 13.0. The molecule has 4 N–H and O–H groups in total. The van der Waals surface area contributed by atoms with E-state index in [1.807, 2.05) is 24.3 Å². The number of likely N-dealkylation sites (tertiary alicyclic amines) is 1. The molecule has 5 heteroatoms. The van der Waals surface area contributed by atoms with E-state index in [0.29, 0.717) is 13.1 Å². The second-order valence-electron chi connectivity index (χ2n) is 6.33. The largest absolute Gasteiger partial charge is 0.337 e. The average Bonchev–Trinajstić information content (AvgIpc) is 2.49. The lowest BCUT2D eigenvalue weighted by atomic mass is 9.80. The summed E-state index contributed by atoms with van der Waals surface area (Å²) >= 11 is 0. The van der Waals surface area contributed by atoms with Gasteiger partial charge in [0.2, 0.25) is 0 Å². The summed E-state index contributed by atoms with van der Waals surface area (Å²) in [7, 11) is 2.14. The number of benzene rings is 1. The van der Waals surface area contributed by atoms with Crippen molar-refractivity contribution in [2.24, 2.45) is 11.1 Å². The third-order valence-corrected chi connectivity index (χ3v) is 4.29. The van der Waals surface area contributed by atoms with E-state index in [1.165, 1.54) is 0 Å². The van der Waals surface area contributed by atoms with Gasteiger partial charge in [-0.25, -0.2) is 4.79 Å². The van der Waals surface area contributed by atoms with E-state index in [9.17, 15) is 4.79 Å². The monoisotopic (exact) mass is 290 g/mol. The van der Waals surface area contributed by atoms with Crippen LogP contribution in [-0.2, 0) is 6.54 Å². The summed E-state index contributed by atoms with van der Waals surface area (Å²) in [6.07, 6.45) is 2.23. The highest BCUT2D eigenvalue weighted by molar-refractivity contribution is 5.89. The number of piperidine rings is 1. The number of rotatable bonds is 4. The topological polar surface area (TPSA) is 70.4 Å². The molecule has 116 valence electrons. The molecule has 5 nitrogen and oxygen atoms in total. The Hall–Kier alpha value is -1.59. The number of anilines is 1. The minimum Gasteiger partial charge on any atom is -0.337 e. The third-order valence-electron chi connectivity index (χ3n) is 4.29. The Morgan fingerprint density at radius 3 is 2.76 bits per heavy atom. The lowest BCUT2D eigenvalue weighted by molar-refractivity contribution is 0.139. The average molecular weight is 290 g/mol. The van der Waals surface area contributed by atoms with Gasteiger partial charge in [0.05, 0.1) is 0 Å². The molecular weight excluding hydrogens is 264 g/mol. The summed E-state index contributed by atoms with van der Waals surface area (Å²) in [5.41, 5.74) is 7.59. The predicted molar refractivity (Wildman–Crippen MR) is 86.2 cm³/mol. The molecule has 2 rings (SSSR count). The van der Waals surface area contributed by atoms with Crippen molar-refractivity contribution in [1.82, 2.24) is 10.2 Å². The molecule has 1 aromatic rings. The Bertz CT molecular complexity index is 481. The number of carbonyl (C=O) groups is 1. The fourth-order valence-corrected chi connectivity index (χ4v) is 2.58. The molecule has 0 aromatic heterocycles. The van der Waals surface area contributed by atoms with Crippen LogP contribution in [0.5, 0.6) is 0 Å². The van der Waals surface area contributed by atoms with E-state index in [2.05, 4.69) is 29.5 Å². The lowest BCUT2D eigenvalue weighted by Crippen LogP contribution is -2.44. The molecular formula is C16H26N4O. The molecule has 1 aliphatic rings. The molecule has 0 radical (unpaired) electrons. The quantitative estimate of drug-likeness (QED) is 0.794. The molecule has 1 heterocycles. The van der Waals surface area contributed by atoms with Gasteiger partial charge in [0.1, 0.15) is 0 Å². The van der Waals surface area contributed by atoms with Gasteiger partial charge in [-0.05, 0) is 56.1 Å². The van der Waals surface area contributed by atoms with Crippen molar-refractivity contribution < 1.29 is 4.79 Å². The highest BCUT2D eigenvalue weighted by atomic mass is 16.2. The molecule has 1 fully saturated rings. The number of nitrogens with one attached hydrogen (secondary N) is 2. The summed E-state index contributed by atoms with van der Waals surface area (Å²) in [6.45, 7) is 5.62. The zero-order chi connectivity index (χ0) is 15.3. The van der Waals surface area contributed by atoms with Gasteiger partial charge in [0, 0.05) is 18.8 Å². The second-order valence-corrected chi connectivity index (χ2v) is 6.33. The van der Waals surface area contributed by atoms with E-state index >= 15 is 0 Å². The number of urea groups is 1. The molecule has 0 aliphatic carbocycles. The zero-order valence-corrected chi connectivity index (χ0v) is 13.0. The van der Waals surface area contributed by atoms with Crippen LogP contribution in [0.2, 0.25) is 0 Å². The van der Waals surface area contributed by atoms with Crippen LogP contribution in [0, 0.1) is 5.41 Å². The maximum Gasteiger partial charge on any atom is 0.319 e. The first-order valence-corrected chi connectivity index (χ1v) is 7.53. The summed E-state index contributed by atoms with van der Waals surface area (Å²) in [4.78, 5) is 14.3. The molecule has 0 spiro atoms. The van der Waals surface area contributed by atoms with Crippen molar-refractivity contribution in [3.05, 3.63) is 29.8 Å². The highest BCUT2D eigenvalue weighted by Gasteiger charge is 2.29. The molecule has 0 unspecified atom stereocenters. The van der Waals surface area contributed by atoms with E-state index in [-0.39, 0.29) is 11.4 Å². The number of nitrogens with two attached hydrogens (primary N) is 1.